The predicted octanol–water partition coefficient (Wildman–Crippen LogP) is 1.88. The van der Waals surface area contributed by atoms with Crippen LogP contribution >= 0.6 is 0 Å². The molecule has 33 heavy (non-hydrogen) atoms. The SMILES string of the molecule is CO[C@H](c1cnc(C)cn1)[C@H](C)S(=O)(=O)Nc1nnc([C@@H]2COCCO2)n1C1(C2CC2)CC1. The second kappa shape index (κ2) is 8.57. The van der Waals surface area contributed by atoms with Crippen molar-refractivity contribution in [2.75, 3.05) is 31.7 Å². The Labute approximate surface area is 193 Å². The van der Waals surface area contributed by atoms with E-state index in [1.807, 2.05) is 11.5 Å². The van der Waals surface area contributed by atoms with Crippen molar-refractivity contribution in [1.82, 2.24) is 24.7 Å². The van der Waals surface area contributed by atoms with E-state index in [0.717, 1.165) is 31.4 Å². The normalized spacial score (nSPS) is 24.3. The number of ether oxygens (including phenoxy) is 3. The van der Waals surface area contributed by atoms with Gasteiger partial charge in [0, 0.05) is 13.3 Å². The van der Waals surface area contributed by atoms with Crippen LogP contribution in [0.1, 0.15) is 62.0 Å². The van der Waals surface area contributed by atoms with Crippen molar-refractivity contribution >= 4 is 16.0 Å². The highest BCUT2D eigenvalue weighted by molar-refractivity contribution is 7.93. The third-order valence-electron chi connectivity index (χ3n) is 6.83. The Morgan fingerprint density at radius 1 is 1.21 bits per heavy atom. The fourth-order valence-electron chi connectivity index (χ4n) is 4.70. The molecule has 5 rings (SSSR count). The van der Waals surface area contributed by atoms with E-state index >= 15 is 0 Å². The molecule has 180 valence electrons. The molecule has 3 aliphatic rings. The van der Waals surface area contributed by atoms with Gasteiger partial charge in [0.25, 0.3) is 0 Å². The van der Waals surface area contributed by atoms with Crippen molar-refractivity contribution in [3.8, 4) is 0 Å². The first-order chi connectivity index (χ1) is 15.9. The van der Waals surface area contributed by atoms with Gasteiger partial charge in [0.2, 0.25) is 16.0 Å². The lowest BCUT2D eigenvalue weighted by Crippen LogP contribution is -2.35. The fourth-order valence-corrected chi connectivity index (χ4v) is 5.84. The first-order valence-corrected chi connectivity index (χ1v) is 12.9. The van der Waals surface area contributed by atoms with E-state index in [4.69, 9.17) is 14.2 Å². The number of methoxy groups -OCH3 is 1. The van der Waals surface area contributed by atoms with Gasteiger partial charge in [-0.2, -0.15) is 0 Å². The van der Waals surface area contributed by atoms with Gasteiger partial charge in [-0.05, 0) is 45.4 Å². The topological polar surface area (TPSA) is 130 Å². The highest BCUT2D eigenvalue weighted by atomic mass is 32.2. The minimum Gasteiger partial charge on any atom is -0.376 e. The molecule has 3 atom stereocenters. The average molecular weight is 479 g/mol. The molecule has 12 heteroatoms. The zero-order valence-corrected chi connectivity index (χ0v) is 19.9. The third kappa shape index (κ3) is 4.25. The summed E-state index contributed by atoms with van der Waals surface area (Å²) in [6.07, 6.45) is 6.17. The van der Waals surface area contributed by atoms with Crippen LogP contribution in [0.3, 0.4) is 0 Å². The Balaban J connectivity index is 1.45. The van der Waals surface area contributed by atoms with Crippen LogP contribution in [0.5, 0.6) is 0 Å². The van der Waals surface area contributed by atoms with Crippen LogP contribution in [0.4, 0.5) is 5.95 Å². The molecule has 0 bridgehead atoms. The molecule has 3 fully saturated rings. The number of aryl methyl sites for hydroxylation is 1. The lowest BCUT2D eigenvalue weighted by Gasteiger charge is -2.28. The molecular weight excluding hydrogens is 448 g/mol. The first kappa shape index (κ1) is 22.6. The molecule has 0 radical (unpaired) electrons. The molecule has 11 nitrogen and oxygen atoms in total. The van der Waals surface area contributed by atoms with Gasteiger partial charge >= 0.3 is 0 Å². The number of rotatable bonds is 9. The van der Waals surface area contributed by atoms with Crippen LogP contribution in [0.15, 0.2) is 12.4 Å². The number of sulfonamides is 1. The maximum atomic E-state index is 13.4. The summed E-state index contributed by atoms with van der Waals surface area (Å²) in [6, 6.07) is 0. The fraction of sp³-hybridized carbons (Fsp3) is 0.714. The van der Waals surface area contributed by atoms with Crippen molar-refractivity contribution in [3.63, 3.8) is 0 Å². The van der Waals surface area contributed by atoms with Crippen LogP contribution in [0.25, 0.3) is 0 Å². The smallest absolute Gasteiger partial charge is 0.240 e. The molecule has 2 aliphatic carbocycles. The zero-order valence-electron chi connectivity index (χ0n) is 19.1. The second-order valence-electron chi connectivity index (χ2n) is 9.12. The van der Waals surface area contributed by atoms with Crippen molar-refractivity contribution < 1.29 is 22.6 Å². The number of hydrogen-bond acceptors (Lipinski definition) is 9. The van der Waals surface area contributed by atoms with E-state index in [-0.39, 0.29) is 17.6 Å². The van der Waals surface area contributed by atoms with Crippen molar-refractivity contribution in [2.24, 2.45) is 5.92 Å². The summed E-state index contributed by atoms with van der Waals surface area (Å²) in [5, 5.41) is 7.68. The van der Waals surface area contributed by atoms with Crippen LogP contribution < -0.4 is 4.72 Å². The molecule has 1 aliphatic heterocycles. The Bertz CT molecular complexity index is 1090. The van der Waals surface area contributed by atoms with E-state index in [9.17, 15) is 8.42 Å². The Morgan fingerprint density at radius 3 is 2.58 bits per heavy atom. The Kier molecular flexibility index (Phi) is 5.88. The van der Waals surface area contributed by atoms with Gasteiger partial charge in [-0.3, -0.25) is 19.3 Å². The van der Waals surface area contributed by atoms with Crippen LogP contribution in [0, 0.1) is 12.8 Å². The summed E-state index contributed by atoms with van der Waals surface area (Å²) in [5.41, 5.74) is 1.04. The highest BCUT2D eigenvalue weighted by Gasteiger charge is 2.58. The second-order valence-corrected chi connectivity index (χ2v) is 11.2. The van der Waals surface area contributed by atoms with Gasteiger partial charge < -0.3 is 14.2 Å². The minimum absolute atomic E-state index is 0.149. The quantitative estimate of drug-likeness (QED) is 0.574. The molecule has 0 unspecified atom stereocenters. The van der Waals surface area contributed by atoms with E-state index in [1.165, 1.54) is 7.11 Å². The minimum atomic E-state index is -3.90. The summed E-state index contributed by atoms with van der Waals surface area (Å²) >= 11 is 0. The standard InChI is InChI=1S/C21H30N6O5S/c1-13-10-23-16(11-22-13)18(30-3)14(2)33(28,29)26-20-25-24-19(17-12-31-8-9-32-17)27(20)21(6-7-21)15-4-5-15/h10-11,14-15,17-18H,4-9,12H2,1-3H3,(H,25,26)/t14-,17-,18-/m0/s1. The highest BCUT2D eigenvalue weighted by Crippen LogP contribution is 2.60. The molecule has 0 aromatic carbocycles. The first-order valence-electron chi connectivity index (χ1n) is 11.3. The lowest BCUT2D eigenvalue weighted by molar-refractivity contribution is -0.0954. The molecule has 2 aromatic rings. The summed E-state index contributed by atoms with van der Waals surface area (Å²) < 4.78 is 48.5. The maximum absolute atomic E-state index is 13.4. The van der Waals surface area contributed by atoms with E-state index in [2.05, 4.69) is 24.9 Å². The van der Waals surface area contributed by atoms with Gasteiger partial charge in [-0.15, -0.1) is 10.2 Å². The largest absolute Gasteiger partial charge is 0.376 e. The van der Waals surface area contributed by atoms with Gasteiger partial charge in [-0.1, -0.05) is 0 Å². The van der Waals surface area contributed by atoms with Crippen LogP contribution in [-0.2, 0) is 29.8 Å². The number of nitrogens with zero attached hydrogens (tertiary/aromatic N) is 5. The molecule has 0 amide bonds. The summed E-state index contributed by atoms with van der Waals surface area (Å²) in [6.45, 7) is 4.79. The molecule has 2 aromatic heterocycles. The average Bonchev–Trinajstić information content (AvgIpc) is 3.73. The van der Waals surface area contributed by atoms with Crippen molar-refractivity contribution in [2.45, 2.75) is 62.5 Å². The van der Waals surface area contributed by atoms with Gasteiger partial charge in [-0.25, -0.2) is 8.42 Å². The van der Waals surface area contributed by atoms with Crippen LogP contribution in [0.2, 0.25) is 0 Å². The lowest BCUT2D eigenvalue weighted by atomic mass is 10.1. The zero-order chi connectivity index (χ0) is 23.2. The molecule has 2 saturated carbocycles. The monoisotopic (exact) mass is 478 g/mol. The van der Waals surface area contributed by atoms with Gasteiger partial charge in [0.15, 0.2) is 5.82 Å². The summed E-state index contributed by atoms with van der Waals surface area (Å²) in [7, 11) is -2.43. The Hall–Kier alpha value is -2.15. The van der Waals surface area contributed by atoms with Gasteiger partial charge in [0.05, 0.1) is 42.9 Å². The molecule has 1 saturated heterocycles. The number of anilines is 1. The molecule has 0 spiro atoms. The van der Waals surface area contributed by atoms with Crippen molar-refractivity contribution in [3.05, 3.63) is 29.6 Å². The van der Waals surface area contributed by atoms with Crippen molar-refractivity contribution in [1.29, 1.82) is 0 Å². The summed E-state index contributed by atoms with van der Waals surface area (Å²) in [4.78, 5) is 8.53. The maximum Gasteiger partial charge on any atom is 0.240 e. The number of hydrogen-bond donors (Lipinski definition) is 1. The molecular formula is C21H30N6O5S. The van der Waals surface area contributed by atoms with E-state index in [1.54, 1.807) is 19.3 Å². The van der Waals surface area contributed by atoms with E-state index in [0.29, 0.717) is 37.3 Å². The van der Waals surface area contributed by atoms with Crippen LogP contribution in [-0.4, -0.2) is 65.3 Å². The van der Waals surface area contributed by atoms with Gasteiger partial charge in [0.1, 0.15) is 17.5 Å². The molecule has 1 N–H and O–H groups in total. The third-order valence-corrected chi connectivity index (χ3v) is 8.53. The Morgan fingerprint density at radius 2 is 2.00 bits per heavy atom. The number of nitrogens with one attached hydrogen (secondary N) is 1. The number of aromatic nitrogens is 5. The predicted molar refractivity (Wildman–Crippen MR) is 118 cm³/mol. The summed E-state index contributed by atoms with van der Waals surface area (Å²) in [5.74, 6) is 1.35. The molecule has 3 heterocycles. The van der Waals surface area contributed by atoms with E-state index < -0.39 is 21.4 Å².